The largest absolute Gasteiger partial charge is 0.282 e. The Morgan fingerprint density at radius 3 is 2.31 bits per heavy atom. The summed E-state index contributed by atoms with van der Waals surface area (Å²) in [6, 6.07) is 0. The second kappa shape index (κ2) is 2.97. The van der Waals surface area contributed by atoms with Gasteiger partial charge in [0.1, 0.15) is 0 Å². The van der Waals surface area contributed by atoms with Crippen LogP contribution in [0.3, 0.4) is 0 Å². The van der Waals surface area contributed by atoms with Crippen LogP contribution in [0, 0.1) is 5.92 Å². The number of allylic oxidation sites excluding steroid dienone is 5. The van der Waals surface area contributed by atoms with Crippen LogP contribution in [-0.4, -0.2) is 5.92 Å². The number of hydrogen-bond donors (Lipinski definition) is 0. The van der Waals surface area contributed by atoms with Crippen LogP contribution in [0.2, 0.25) is 0 Å². The fraction of sp³-hybridized carbons (Fsp3) is 0.250. The first-order valence-electron chi connectivity index (χ1n) is 3.34. The molecule has 0 heterocycles. The lowest BCUT2D eigenvalue weighted by Crippen LogP contribution is -2.28. The van der Waals surface area contributed by atoms with E-state index in [4.69, 9.17) is 0 Å². The summed E-state index contributed by atoms with van der Waals surface area (Å²) >= 11 is 0. The maximum absolute atomic E-state index is 12.7. The third-order valence-electron chi connectivity index (χ3n) is 1.66. The highest BCUT2D eigenvalue weighted by molar-refractivity contribution is 5.34. The van der Waals surface area contributed by atoms with Gasteiger partial charge in [0.2, 0.25) is 0 Å². The van der Waals surface area contributed by atoms with Gasteiger partial charge in [0.15, 0.2) is 17.5 Å². The van der Waals surface area contributed by atoms with Gasteiger partial charge < -0.3 is 0 Å². The SMILES string of the molecule is C=CC1C(F)=C(F)C(F)=CC1(F)F. The molecule has 1 rings (SSSR count). The topological polar surface area (TPSA) is 0 Å². The van der Waals surface area contributed by atoms with Crippen molar-refractivity contribution in [2.75, 3.05) is 0 Å². The molecule has 0 aliphatic heterocycles. The summed E-state index contributed by atoms with van der Waals surface area (Å²) in [5, 5.41) is 0. The predicted molar refractivity (Wildman–Crippen MR) is 37.1 cm³/mol. The van der Waals surface area contributed by atoms with E-state index in [-0.39, 0.29) is 6.08 Å². The molecule has 1 atom stereocenters. The van der Waals surface area contributed by atoms with Gasteiger partial charge in [0, 0.05) is 6.08 Å². The van der Waals surface area contributed by atoms with Crippen molar-refractivity contribution in [2.45, 2.75) is 5.92 Å². The fourth-order valence-corrected chi connectivity index (χ4v) is 1.00. The minimum Gasteiger partial charge on any atom is -0.208 e. The molecule has 72 valence electrons. The standard InChI is InChI=1S/C8H5F5/c1-2-4-6(10)7(11)5(9)3-8(4,12)13/h2-4H,1H2. The van der Waals surface area contributed by atoms with E-state index < -0.39 is 29.3 Å². The zero-order valence-electron chi connectivity index (χ0n) is 6.33. The maximum atomic E-state index is 12.7. The predicted octanol–water partition coefficient (Wildman–Crippen LogP) is 3.44. The summed E-state index contributed by atoms with van der Waals surface area (Å²) in [5.41, 5.74) is 0. The third-order valence-corrected chi connectivity index (χ3v) is 1.66. The van der Waals surface area contributed by atoms with Crippen LogP contribution < -0.4 is 0 Å². The van der Waals surface area contributed by atoms with Gasteiger partial charge in [0.05, 0.1) is 5.92 Å². The molecule has 0 aromatic rings. The van der Waals surface area contributed by atoms with E-state index in [1.54, 1.807) is 0 Å². The normalized spacial score (nSPS) is 27.2. The zero-order chi connectivity index (χ0) is 10.2. The van der Waals surface area contributed by atoms with Crippen molar-refractivity contribution in [1.29, 1.82) is 0 Å². The van der Waals surface area contributed by atoms with Gasteiger partial charge in [0.25, 0.3) is 5.92 Å². The van der Waals surface area contributed by atoms with Crippen molar-refractivity contribution in [3.05, 3.63) is 36.2 Å². The van der Waals surface area contributed by atoms with E-state index >= 15 is 0 Å². The van der Waals surface area contributed by atoms with Gasteiger partial charge in [-0.05, 0) is 0 Å². The van der Waals surface area contributed by atoms with Gasteiger partial charge in [-0.1, -0.05) is 6.08 Å². The molecule has 0 saturated carbocycles. The Morgan fingerprint density at radius 1 is 1.31 bits per heavy atom. The molecule has 0 aromatic heterocycles. The lowest BCUT2D eigenvalue weighted by Gasteiger charge is -2.23. The molecule has 1 unspecified atom stereocenters. The Hall–Kier alpha value is -1.13. The molecular formula is C8H5F5. The van der Waals surface area contributed by atoms with Gasteiger partial charge in [-0.3, -0.25) is 0 Å². The van der Waals surface area contributed by atoms with E-state index in [1.807, 2.05) is 0 Å². The highest BCUT2D eigenvalue weighted by Crippen LogP contribution is 2.42. The zero-order valence-corrected chi connectivity index (χ0v) is 6.33. The van der Waals surface area contributed by atoms with Crippen molar-refractivity contribution < 1.29 is 22.0 Å². The quantitative estimate of drug-likeness (QED) is 0.445. The second-order valence-corrected chi connectivity index (χ2v) is 2.54. The maximum Gasteiger partial charge on any atom is 0.282 e. The molecule has 0 spiro atoms. The molecule has 5 heteroatoms. The van der Waals surface area contributed by atoms with Crippen LogP contribution >= 0.6 is 0 Å². The Morgan fingerprint density at radius 2 is 1.85 bits per heavy atom. The van der Waals surface area contributed by atoms with Crippen LogP contribution in [0.25, 0.3) is 0 Å². The van der Waals surface area contributed by atoms with Gasteiger partial charge in [-0.2, -0.15) is 0 Å². The van der Waals surface area contributed by atoms with Crippen molar-refractivity contribution in [1.82, 2.24) is 0 Å². The number of hydrogen-bond acceptors (Lipinski definition) is 0. The summed E-state index contributed by atoms with van der Waals surface area (Å²) < 4.78 is 62.8. The molecule has 13 heavy (non-hydrogen) atoms. The van der Waals surface area contributed by atoms with Crippen LogP contribution in [0.4, 0.5) is 22.0 Å². The van der Waals surface area contributed by atoms with Crippen LogP contribution in [0.15, 0.2) is 36.2 Å². The summed E-state index contributed by atoms with van der Waals surface area (Å²) in [6.07, 6.45) is 0.287. The first-order valence-corrected chi connectivity index (χ1v) is 3.34. The fourth-order valence-electron chi connectivity index (χ4n) is 1.00. The smallest absolute Gasteiger partial charge is 0.208 e. The Labute approximate surface area is 71.0 Å². The van der Waals surface area contributed by atoms with E-state index in [9.17, 15) is 22.0 Å². The molecule has 0 aromatic carbocycles. The summed E-state index contributed by atoms with van der Waals surface area (Å²) in [7, 11) is 0. The molecule has 0 bridgehead atoms. The first kappa shape index (κ1) is 9.95. The first-order chi connectivity index (χ1) is 5.90. The monoisotopic (exact) mass is 196 g/mol. The molecule has 0 N–H and O–H groups in total. The van der Waals surface area contributed by atoms with Crippen molar-refractivity contribution >= 4 is 0 Å². The van der Waals surface area contributed by atoms with Crippen molar-refractivity contribution in [3.8, 4) is 0 Å². The van der Waals surface area contributed by atoms with Crippen molar-refractivity contribution in [2.24, 2.45) is 5.92 Å². The van der Waals surface area contributed by atoms with Crippen molar-refractivity contribution in [3.63, 3.8) is 0 Å². The molecule has 0 nitrogen and oxygen atoms in total. The van der Waals surface area contributed by atoms with E-state index in [0.717, 1.165) is 0 Å². The van der Waals surface area contributed by atoms with Crippen LogP contribution in [0.1, 0.15) is 0 Å². The molecule has 0 fully saturated rings. The summed E-state index contributed by atoms with van der Waals surface area (Å²) in [5.74, 6) is -11.4. The lowest BCUT2D eigenvalue weighted by molar-refractivity contribution is 0.00959. The summed E-state index contributed by atoms with van der Waals surface area (Å²) in [4.78, 5) is 0. The van der Waals surface area contributed by atoms with Crippen LogP contribution in [0.5, 0.6) is 0 Å². The molecule has 1 aliphatic carbocycles. The molecule has 0 radical (unpaired) electrons. The number of rotatable bonds is 1. The Kier molecular flexibility index (Phi) is 2.28. The lowest BCUT2D eigenvalue weighted by atomic mass is 9.94. The van der Waals surface area contributed by atoms with Gasteiger partial charge >= 0.3 is 0 Å². The van der Waals surface area contributed by atoms with E-state index in [0.29, 0.717) is 6.08 Å². The number of alkyl halides is 2. The minimum atomic E-state index is -3.76. The van der Waals surface area contributed by atoms with Gasteiger partial charge in [-0.25, -0.2) is 22.0 Å². The highest BCUT2D eigenvalue weighted by atomic mass is 19.3. The molecule has 0 saturated heterocycles. The average molecular weight is 196 g/mol. The Bertz CT molecular complexity index is 300. The molecule has 0 amide bonds. The molecule has 1 aliphatic rings. The third kappa shape index (κ3) is 1.50. The second-order valence-electron chi connectivity index (χ2n) is 2.54. The average Bonchev–Trinajstić information content (AvgIpc) is 2.00. The number of halogens is 5. The van der Waals surface area contributed by atoms with Gasteiger partial charge in [-0.15, -0.1) is 6.58 Å². The Balaban J connectivity index is 3.22. The highest BCUT2D eigenvalue weighted by Gasteiger charge is 2.45. The van der Waals surface area contributed by atoms with E-state index in [1.165, 1.54) is 0 Å². The summed E-state index contributed by atoms with van der Waals surface area (Å²) in [6.45, 7) is 2.92. The minimum absolute atomic E-state index is 0.252. The van der Waals surface area contributed by atoms with E-state index in [2.05, 4.69) is 6.58 Å². The molecular weight excluding hydrogens is 191 g/mol. The van der Waals surface area contributed by atoms with Crippen LogP contribution in [-0.2, 0) is 0 Å².